The van der Waals surface area contributed by atoms with Gasteiger partial charge in [-0.2, -0.15) is 0 Å². The minimum absolute atomic E-state index is 0. The molecule has 0 N–H and O–H groups in total. The molecule has 0 aliphatic carbocycles. The average molecular weight is 818 g/mol. The van der Waals surface area contributed by atoms with Gasteiger partial charge < -0.3 is 0 Å². The normalized spacial score (nSPS) is 11.1. The maximum atomic E-state index is 4.44. The van der Waals surface area contributed by atoms with E-state index in [1.807, 2.05) is 24.3 Å². The van der Waals surface area contributed by atoms with E-state index in [9.17, 15) is 0 Å². The Morgan fingerprint density at radius 1 is 0.535 bits per heavy atom. The summed E-state index contributed by atoms with van der Waals surface area (Å²) in [7, 11) is -1.57. The molecule has 0 spiro atoms. The maximum Gasteiger partial charge on any atom is 2.00 e. The molecule has 216 valence electrons. The number of hydrogen-bond donors (Lipinski definition) is 0. The first-order valence-electron chi connectivity index (χ1n) is 14.0. The molecule has 6 rings (SSSR count). The summed E-state index contributed by atoms with van der Waals surface area (Å²) in [5, 5.41) is 7.82. The smallest absolute Gasteiger partial charge is 0.252 e. The number of benzene rings is 5. The largest absolute Gasteiger partial charge is 2.00 e. The zero-order chi connectivity index (χ0) is 29.0. The van der Waals surface area contributed by atoms with Gasteiger partial charge in [0.15, 0.2) is 5.41 Å². The van der Waals surface area contributed by atoms with Gasteiger partial charge in [0.25, 0.3) is 0 Å². The molecule has 6 aromatic rings. The first kappa shape index (κ1) is 33.3. The van der Waals surface area contributed by atoms with Crippen molar-refractivity contribution in [3.63, 3.8) is 0 Å². The molecule has 0 amide bonds. The summed E-state index contributed by atoms with van der Waals surface area (Å²) in [6.45, 7) is 0. The van der Waals surface area contributed by atoms with Gasteiger partial charge in [-0.3, -0.25) is 4.98 Å². The van der Waals surface area contributed by atoms with Gasteiger partial charge in [-0.25, -0.2) is 4.98 Å². The number of hydrogen-bond acceptors (Lipinski definition) is 2. The minimum atomic E-state index is -0.783. The minimum Gasteiger partial charge on any atom is -0.252 e. The number of aromatic nitrogens is 2. The van der Waals surface area contributed by atoms with Crippen molar-refractivity contribution in [2.24, 2.45) is 0 Å². The second-order valence-electron chi connectivity index (χ2n) is 9.72. The first-order chi connectivity index (χ1) is 20.7. The molecule has 0 fully saturated rings. The summed E-state index contributed by atoms with van der Waals surface area (Å²) in [5.74, 6) is 0. The molecule has 0 aliphatic rings. The van der Waals surface area contributed by atoms with Gasteiger partial charge in [0.05, 0.1) is 54.3 Å². The zero-order valence-corrected chi connectivity index (χ0v) is 29.9. The topological polar surface area (TPSA) is 25.8 Å². The van der Waals surface area contributed by atoms with Crippen molar-refractivity contribution in [1.29, 1.82) is 0 Å². The molecule has 0 saturated heterocycles. The molecule has 0 saturated carbocycles. The molecule has 5 aromatic carbocycles. The predicted octanol–water partition coefficient (Wildman–Crippen LogP) is 5.67. The molecule has 2 nitrogen and oxygen atoms in total. The predicted molar refractivity (Wildman–Crippen MR) is 198 cm³/mol. The second kappa shape index (κ2) is 17.7. The number of fused-ring (bicyclic) bond motifs is 1. The fourth-order valence-corrected chi connectivity index (χ4v) is 11.3. The van der Waals surface area contributed by atoms with Gasteiger partial charge in [-0.15, -0.1) is 0 Å². The molecular formula is C36H36N2P2PtS2+6. The van der Waals surface area contributed by atoms with Crippen LogP contribution in [0.3, 0.4) is 0 Å². The van der Waals surface area contributed by atoms with Gasteiger partial charge in [0.1, 0.15) is 18.0 Å². The Morgan fingerprint density at radius 3 is 1.26 bits per heavy atom. The number of nitrogens with zero attached hydrogens (tertiary/aromatic N) is 2. The monoisotopic (exact) mass is 817 g/mol. The van der Waals surface area contributed by atoms with E-state index >= 15 is 0 Å². The van der Waals surface area contributed by atoms with Crippen molar-refractivity contribution < 1.29 is 21.1 Å². The van der Waals surface area contributed by atoms with Crippen LogP contribution < -0.4 is 21.2 Å². The van der Waals surface area contributed by atoms with Crippen molar-refractivity contribution in [3.05, 3.63) is 163 Å². The summed E-state index contributed by atoms with van der Waals surface area (Å²) in [5.41, 5.74) is 2.62. The van der Waals surface area contributed by atoms with Crippen LogP contribution in [0.15, 0.2) is 157 Å². The van der Waals surface area contributed by atoms with Crippen molar-refractivity contribution >= 4 is 78.3 Å². The average Bonchev–Trinajstić information content (AvgIpc) is 3.08. The van der Waals surface area contributed by atoms with E-state index in [1.54, 1.807) is 11.6 Å². The standard InChI is InChI=1S/C26H24P2.C10H8N2S2.Pt/c1-5-13-23(14-6-1)27(24-15-7-2-8-16-24)21-22-28(25-17-9-3-10-18-25)26-19-11-4-12-20-26;13-6-10(14)9-5-11-7-3-1-2-4-8(7)12-9;/h1-20H,21-22H2;1-6,13-14H;/q;;+2/p+4. The molecular weight excluding hydrogens is 782 g/mol. The van der Waals surface area contributed by atoms with Crippen LogP contribution in [0.5, 0.6) is 0 Å². The summed E-state index contributed by atoms with van der Waals surface area (Å²) >= 11 is 6.72. The van der Waals surface area contributed by atoms with Crippen LogP contribution in [0, 0.1) is 0 Å². The van der Waals surface area contributed by atoms with E-state index < -0.39 is 15.8 Å². The van der Waals surface area contributed by atoms with E-state index in [2.05, 4.69) is 157 Å². The summed E-state index contributed by atoms with van der Waals surface area (Å²) in [4.78, 5) is 9.60. The Bertz CT molecular complexity index is 1550. The molecule has 0 radical (unpaired) electrons. The van der Waals surface area contributed by atoms with Crippen LogP contribution >= 0.6 is 15.8 Å². The molecule has 1 heterocycles. The summed E-state index contributed by atoms with van der Waals surface area (Å²) in [6, 6.07) is 52.3. The Morgan fingerprint density at radius 2 is 0.884 bits per heavy atom. The molecule has 7 heteroatoms. The van der Waals surface area contributed by atoms with Crippen molar-refractivity contribution in [3.8, 4) is 0 Å². The molecule has 0 aliphatic heterocycles. The zero-order valence-electron chi connectivity index (χ0n) is 23.6. The van der Waals surface area contributed by atoms with Gasteiger partial charge in [0, 0.05) is 12.6 Å². The Labute approximate surface area is 282 Å². The maximum absolute atomic E-state index is 4.44. The van der Waals surface area contributed by atoms with Gasteiger partial charge in [-0.05, 0) is 73.3 Å². The summed E-state index contributed by atoms with van der Waals surface area (Å²) < 4.78 is 0. The molecule has 0 unspecified atom stereocenters. The quantitative estimate of drug-likeness (QED) is 0.147. The van der Waals surface area contributed by atoms with Gasteiger partial charge in [-0.1, -0.05) is 84.9 Å². The third kappa shape index (κ3) is 9.46. The van der Waals surface area contributed by atoms with Crippen LogP contribution in [0.2, 0.25) is 0 Å². The van der Waals surface area contributed by atoms with Crippen LogP contribution in [0.1, 0.15) is 5.69 Å². The fraction of sp³-hybridized carbons (Fsp3) is 0.0556. The molecule has 1 aromatic heterocycles. The number of para-hydroxylation sites is 2. The fourth-order valence-electron chi connectivity index (χ4n) is 4.88. The van der Waals surface area contributed by atoms with Gasteiger partial charge in [0.2, 0.25) is 4.91 Å². The van der Waals surface area contributed by atoms with Crippen LogP contribution in [-0.2, 0) is 46.3 Å². The third-order valence-corrected chi connectivity index (χ3v) is 14.1. The SMILES string of the molecule is [Pt+2].[SH2+]C=C([SH2+])c1cnc2ccccc2n1.c1ccc([PH+](CC[PH+](c2ccccc2)c2ccccc2)c2ccccc2)cc1. The first-order valence-corrected chi connectivity index (χ1v) is 18.5. The second-order valence-corrected chi connectivity index (χ2v) is 15.8. The van der Waals surface area contributed by atoms with E-state index in [0.29, 0.717) is 0 Å². The number of rotatable bonds is 8. The van der Waals surface area contributed by atoms with Crippen LogP contribution in [0.4, 0.5) is 0 Å². The van der Waals surface area contributed by atoms with Crippen LogP contribution in [-0.4, -0.2) is 22.3 Å². The van der Waals surface area contributed by atoms with Crippen molar-refractivity contribution in [2.75, 3.05) is 12.3 Å². The molecule has 0 bridgehead atoms. The molecule has 0 atom stereocenters. The Balaban J connectivity index is 0.000000238. The van der Waals surface area contributed by atoms with E-state index in [0.717, 1.165) is 21.6 Å². The Hall–Kier alpha value is -2.57. The Kier molecular flexibility index (Phi) is 13.7. The van der Waals surface area contributed by atoms with Crippen LogP contribution in [0.25, 0.3) is 15.9 Å². The third-order valence-electron chi connectivity index (χ3n) is 6.98. The van der Waals surface area contributed by atoms with Crippen molar-refractivity contribution in [2.45, 2.75) is 0 Å². The van der Waals surface area contributed by atoms with E-state index in [1.165, 1.54) is 33.5 Å². The van der Waals surface area contributed by atoms with Gasteiger partial charge >= 0.3 is 21.1 Å². The van der Waals surface area contributed by atoms with E-state index in [4.69, 9.17) is 0 Å². The summed E-state index contributed by atoms with van der Waals surface area (Å²) in [6.07, 6.45) is 4.26. The van der Waals surface area contributed by atoms with E-state index in [-0.39, 0.29) is 21.1 Å². The molecule has 43 heavy (non-hydrogen) atoms. The van der Waals surface area contributed by atoms with Crippen molar-refractivity contribution in [1.82, 2.24) is 9.97 Å².